The maximum Gasteiger partial charge on any atom is 0.192 e. The maximum absolute atomic E-state index is 13.1. The Labute approximate surface area is 212 Å². The third kappa shape index (κ3) is 6.13. The van der Waals surface area contributed by atoms with Gasteiger partial charge in [-0.15, -0.1) is 0 Å². The Kier molecular flexibility index (Phi) is 8.74. The average Bonchev–Trinajstić information content (AvgIpc) is 2.95. The standard InChI is InChI=1S/C28H28N2O4.C2H6/c1-19-27(18-34-24-6-2-5-23(15-24)33-17-20-9-12-32-13-10-20)30-26-8-7-21(14-25(26)28(19)31)22-4-3-11-29-16-22;1-2/h2-8,11,14-16,20H,9-10,12-13,17-18H2,1H3,(H,30,31);1-2H3. The van der Waals surface area contributed by atoms with Crippen molar-refractivity contribution in [1.82, 2.24) is 9.97 Å². The van der Waals surface area contributed by atoms with Crippen LogP contribution in [0.3, 0.4) is 0 Å². The predicted molar refractivity (Wildman–Crippen MR) is 144 cm³/mol. The molecule has 36 heavy (non-hydrogen) atoms. The number of hydrogen-bond acceptors (Lipinski definition) is 5. The van der Waals surface area contributed by atoms with E-state index in [0.717, 1.165) is 54.1 Å². The van der Waals surface area contributed by atoms with Gasteiger partial charge in [-0.1, -0.05) is 32.0 Å². The van der Waals surface area contributed by atoms with E-state index in [1.165, 1.54) is 0 Å². The van der Waals surface area contributed by atoms with Crippen LogP contribution in [-0.4, -0.2) is 29.8 Å². The second kappa shape index (κ2) is 12.4. The highest BCUT2D eigenvalue weighted by atomic mass is 16.5. The van der Waals surface area contributed by atoms with Crippen LogP contribution in [0.15, 0.2) is 71.8 Å². The molecule has 0 amide bonds. The second-order valence-electron chi connectivity index (χ2n) is 8.69. The van der Waals surface area contributed by atoms with Gasteiger partial charge in [0.05, 0.1) is 12.3 Å². The smallest absolute Gasteiger partial charge is 0.192 e. The van der Waals surface area contributed by atoms with Gasteiger partial charge in [0.15, 0.2) is 5.43 Å². The van der Waals surface area contributed by atoms with E-state index >= 15 is 0 Å². The number of nitrogens with zero attached hydrogens (tertiary/aromatic N) is 1. The highest BCUT2D eigenvalue weighted by molar-refractivity contribution is 5.85. The van der Waals surface area contributed by atoms with Crippen molar-refractivity contribution in [3.05, 3.63) is 88.5 Å². The Hall–Kier alpha value is -3.64. The first-order valence-corrected chi connectivity index (χ1v) is 12.7. The fourth-order valence-corrected chi connectivity index (χ4v) is 4.23. The first kappa shape index (κ1) is 25.5. The van der Waals surface area contributed by atoms with Gasteiger partial charge in [0.25, 0.3) is 0 Å². The van der Waals surface area contributed by atoms with Gasteiger partial charge < -0.3 is 19.2 Å². The van der Waals surface area contributed by atoms with Crippen LogP contribution in [0.2, 0.25) is 0 Å². The quantitative estimate of drug-likeness (QED) is 0.331. The van der Waals surface area contributed by atoms with Crippen molar-refractivity contribution in [2.24, 2.45) is 5.92 Å². The monoisotopic (exact) mass is 486 g/mol. The van der Waals surface area contributed by atoms with Gasteiger partial charge in [0.1, 0.15) is 18.1 Å². The lowest BCUT2D eigenvalue weighted by atomic mass is 10.0. The number of aromatic nitrogens is 2. The van der Waals surface area contributed by atoms with E-state index < -0.39 is 0 Å². The van der Waals surface area contributed by atoms with Crippen LogP contribution < -0.4 is 14.9 Å². The number of rotatable bonds is 7. The number of fused-ring (bicyclic) bond motifs is 1. The minimum atomic E-state index is 0.00614. The molecule has 0 bridgehead atoms. The van der Waals surface area contributed by atoms with E-state index in [1.807, 2.05) is 75.4 Å². The Bertz CT molecular complexity index is 1330. The number of aromatic amines is 1. The summed E-state index contributed by atoms with van der Waals surface area (Å²) in [5.41, 5.74) is 4.16. The molecule has 1 aliphatic rings. The lowest BCUT2D eigenvalue weighted by Crippen LogP contribution is -2.21. The third-order valence-electron chi connectivity index (χ3n) is 6.35. The zero-order valence-corrected chi connectivity index (χ0v) is 21.3. The van der Waals surface area contributed by atoms with Crippen LogP contribution in [0.1, 0.15) is 37.9 Å². The Morgan fingerprint density at radius 3 is 2.50 bits per heavy atom. The second-order valence-corrected chi connectivity index (χ2v) is 8.69. The van der Waals surface area contributed by atoms with Crippen molar-refractivity contribution in [2.75, 3.05) is 19.8 Å². The number of nitrogens with one attached hydrogen (secondary N) is 1. The van der Waals surface area contributed by atoms with Crippen LogP contribution in [0.25, 0.3) is 22.0 Å². The molecule has 1 fully saturated rings. The van der Waals surface area contributed by atoms with Crippen molar-refractivity contribution < 1.29 is 14.2 Å². The summed E-state index contributed by atoms with van der Waals surface area (Å²) >= 11 is 0. The molecule has 5 rings (SSSR count). The molecule has 0 aliphatic carbocycles. The number of H-pyrrole nitrogens is 1. The van der Waals surface area contributed by atoms with Gasteiger partial charge >= 0.3 is 0 Å². The Morgan fingerprint density at radius 2 is 1.75 bits per heavy atom. The summed E-state index contributed by atoms with van der Waals surface area (Å²) in [5.74, 6) is 2.02. The van der Waals surface area contributed by atoms with Crippen molar-refractivity contribution in [2.45, 2.75) is 40.2 Å². The molecule has 2 aromatic carbocycles. The van der Waals surface area contributed by atoms with Crippen molar-refractivity contribution in [3.63, 3.8) is 0 Å². The number of benzene rings is 2. The molecular formula is C30H34N2O4. The molecule has 1 N–H and O–H groups in total. The zero-order valence-electron chi connectivity index (χ0n) is 21.3. The Balaban J connectivity index is 0.00000148. The molecule has 6 nitrogen and oxygen atoms in total. The lowest BCUT2D eigenvalue weighted by molar-refractivity contribution is 0.0497. The molecule has 2 aromatic heterocycles. The molecule has 0 spiro atoms. The molecule has 188 valence electrons. The molecule has 0 radical (unpaired) electrons. The summed E-state index contributed by atoms with van der Waals surface area (Å²) in [6.07, 6.45) is 5.61. The van der Waals surface area contributed by atoms with Gasteiger partial charge in [-0.05, 0) is 61.6 Å². The van der Waals surface area contributed by atoms with Crippen molar-refractivity contribution in [1.29, 1.82) is 0 Å². The maximum atomic E-state index is 13.1. The molecule has 0 atom stereocenters. The first-order valence-electron chi connectivity index (χ1n) is 12.7. The number of ether oxygens (including phenoxy) is 3. The fraction of sp³-hybridized carbons (Fsp3) is 0.333. The average molecular weight is 487 g/mol. The van der Waals surface area contributed by atoms with E-state index in [0.29, 0.717) is 29.2 Å². The van der Waals surface area contributed by atoms with Crippen LogP contribution in [-0.2, 0) is 11.3 Å². The SMILES string of the molecule is CC.Cc1c(COc2cccc(OCC3CCOCC3)c2)[nH]c2ccc(-c3cccnc3)cc2c1=O. The van der Waals surface area contributed by atoms with Crippen LogP contribution in [0, 0.1) is 12.8 Å². The molecule has 1 saturated heterocycles. The van der Waals surface area contributed by atoms with Crippen LogP contribution >= 0.6 is 0 Å². The molecule has 6 heteroatoms. The largest absolute Gasteiger partial charge is 0.493 e. The van der Waals surface area contributed by atoms with Gasteiger partial charge in [-0.3, -0.25) is 9.78 Å². The van der Waals surface area contributed by atoms with Gasteiger partial charge in [-0.2, -0.15) is 0 Å². The number of pyridine rings is 2. The summed E-state index contributed by atoms with van der Waals surface area (Å²) in [5, 5.41) is 0.658. The molecule has 3 heterocycles. The van der Waals surface area contributed by atoms with E-state index in [9.17, 15) is 4.79 Å². The van der Waals surface area contributed by atoms with Crippen molar-refractivity contribution in [3.8, 4) is 22.6 Å². The minimum Gasteiger partial charge on any atom is -0.493 e. The van der Waals surface area contributed by atoms with E-state index in [1.54, 1.807) is 12.4 Å². The highest BCUT2D eigenvalue weighted by Gasteiger charge is 2.15. The topological polar surface area (TPSA) is 73.4 Å². The van der Waals surface area contributed by atoms with Crippen LogP contribution in [0.4, 0.5) is 0 Å². The van der Waals surface area contributed by atoms with E-state index in [2.05, 4.69) is 9.97 Å². The molecule has 4 aromatic rings. The summed E-state index contributed by atoms with van der Waals surface area (Å²) in [6, 6.07) is 17.4. The minimum absolute atomic E-state index is 0.00614. The molecular weight excluding hydrogens is 452 g/mol. The van der Waals surface area contributed by atoms with Gasteiger partial charge in [0.2, 0.25) is 0 Å². The zero-order chi connectivity index (χ0) is 25.3. The summed E-state index contributed by atoms with van der Waals surface area (Å²) in [6.45, 7) is 8.41. The summed E-state index contributed by atoms with van der Waals surface area (Å²) in [4.78, 5) is 20.7. The fourth-order valence-electron chi connectivity index (χ4n) is 4.23. The van der Waals surface area contributed by atoms with Gasteiger partial charge in [0, 0.05) is 53.7 Å². The third-order valence-corrected chi connectivity index (χ3v) is 6.35. The van der Waals surface area contributed by atoms with Crippen molar-refractivity contribution >= 4 is 10.9 Å². The number of hydrogen-bond donors (Lipinski definition) is 1. The highest BCUT2D eigenvalue weighted by Crippen LogP contribution is 2.25. The summed E-state index contributed by atoms with van der Waals surface area (Å²) < 4.78 is 17.4. The summed E-state index contributed by atoms with van der Waals surface area (Å²) in [7, 11) is 0. The Morgan fingerprint density at radius 1 is 0.972 bits per heavy atom. The van der Waals surface area contributed by atoms with Gasteiger partial charge in [-0.25, -0.2) is 0 Å². The molecule has 0 saturated carbocycles. The van der Waals surface area contributed by atoms with E-state index in [-0.39, 0.29) is 12.0 Å². The van der Waals surface area contributed by atoms with Crippen LogP contribution in [0.5, 0.6) is 11.5 Å². The lowest BCUT2D eigenvalue weighted by Gasteiger charge is -2.22. The molecule has 1 aliphatic heterocycles. The molecule has 0 unspecified atom stereocenters. The van der Waals surface area contributed by atoms with E-state index in [4.69, 9.17) is 14.2 Å². The predicted octanol–water partition coefficient (Wildman–Crippen LogP) is 6.31. The first-order chi connectivity index (χ1) is 17.7. The normalized spacial score (nSPS) is 13.6.